The van der Waals surface area contributed by atoms with Crippen LogP contribution < -0.4 is 15.8 Å². The van der Waals surface area contributed by atoms with Crippen LogP contribution in [0.1, 0.15) is 39.0 Å². The van der Waals surface area contributed by atoms with Crippen LogP contribution in [0.15, 0.2) is 48.5 Å². The van der Waals surface area contributed by atoms with Crippen molar-refractivity contribution >= 4 is 45.5 Å². The molecule has 3 N–H and O–H groups in total. The molecule has 2 aromatic heterocycles. The highest BCUT2D eigenvalue weighted by Gasteiger charge is 2.40. The number of fused-ring (bicyclic) bond motifs is 2. The summed E-state index contributed by atoms with van der Waals surface area (Å²) in [5.41, 5.74) is 5.96. The molecular formula is C29H33N5O6. The predicted octanol–water partition coefficient (Wildman–Crippen LogP) is 4.13. The number of rotatable bonds is 8. The number of hydrogen-bond donors (Lipinski definition) is 2. The van der Waals surface area contributed by atoms with Gasteiger partial charge in [0, 0.05) is 5.39 Å². The van der Waals surface area contributed by atoms with Crippen molar-refractivity contribution in [2.24, 2.45) is 5.73 Å². The molecule has 0 aliphatic rings. The number of carbonyl (C=O) groups excluding carboxylic acids is 3. The van der Waals surface area contributed by atoms with Crippen molar-refractivity contribution in [2.75, 3.05) is 19.0 Å². The summed E-state index contributed by atoms with van der Waals surface area (Å²) in [5, 5.41) is 8.64. The standard InChI is InChI=1S/C29H33N5O6/c1-17-23-24(31-15-22(35)29(5,30)26(36)40-28(2,3)4)20-14-19(38-6)12-13-21(20)32-25(23)34(33-17)27(37)39-16-18-10-8-7-9-11-18/h7-14H,15-16,30H2,1-6H3,(H,31,32)/t29-/m1/s1. The first kappa shape index (κ1) is 28.5. The first-order valence-corrected chi connectivity index (χ1v) is 12.7. The molecule has 0 fully saturated rings. The van der Waals surface area contributed by atoms with Crippen molar-refractivity contribution in [3.05, 3.63) is 59.8 Å². The van der Waals surface area contributed by atoms with Gasteiger partial charge >= 0.3 is 12.1 Å². The van der Waals surface area contributed by atoms with Gasteiger partial charge in [0.25, 0.3) is 0 Å². The number of aryl methyl sites for hydroxylation is 1. The summed E-state index contributed by atoms with van der Waals surface area (Å²) in [4.78, 5) is 43.5. The van der Waals surface area contributed by atoms with E-state index in [1.165, 1.54) is 14.0 Å². The number of anilines is 1. The van der Waals surface area contributed by atoms with E-state index in [1.807, 2.05) is 30.3 Å². The lowest BCUT2D eigenvalue weighted by atomic mass is 9.97. The number of carbonyl (C=O) groups is 3. The number of ketones is 1. The zero-order valence-corrected chi connectivity index (χ0v) is 23.4. The van der Waals surface area contributed by atoms with Gasteiger partial charge in [0.15, 0.2) is 17.0 Å². The third-order valence-electron chi connectivity index (χ3n) is 6.19. The van der Waals surface area contributed by atoms with Crippen LogP contribution in [0.2, 0.25) is 0 Å². The monoisotopic (exact) mass is 547 g/mol. The molecule has 4 rings (SSSR count). The highest BCUT2D eigenvalue weighted by molar-refractivity contribution is 6.13. The Kier molecular flexibility index (Phi) is 7.79. The van der Waals surface area contributed by atoms with Crippen LogP contribution in [-0.2, 0) is 25.7 Å². The van der Waals surface area contributed by atoms with Gasteiger partial charge in [0.1, 0.15) is 18.0 Å². The van der Waals surface area contributed by atoms with E-state index in [9.17, 15) is 14.4 Å². The lowest BCUT2D eigenvalue weighted by Crippen LogP contribution is -2.56. The van der Waals surface area contributed by atoms with Gasteiger partial charge < -0.3 is 25.3 Å². The Balaban J connectivity index is 1.72. The van der Waals surface area contributed by atoms with Gasteiger partial charge in [-0.15, -0.1) is 4.68 Å². The van der Waals surface area contributed by atoms with Gasteiger partial charge in [-0.05, 0) is 58.4 Å². The molecule has 2 aromatic carbocycles. The Morgan fingerprint density at radius 2 is 1.75 bits per heavy atom. The molecule has 0 saturated carbocycles. The minimum atomic E-state index is -1.89. The maximum Gasteiger partial charge on any atom is 0.437 e. The first-order chi connectivity index (χ1) is 18.8. The minimum absolute atomic E-state index is 0.0597. The van der Waals surface area contributed by atoms with Crippen LogP contribution in [0.4, 0.5) is 10.5 Å². The second-order valence-corrected chi connectivity index (χ2v) is 10.6. The third-order valence-corrected chi connectivity index (χ3v) is 6.19. The molecular weight excluding hydrogens is 514 g/mol. The number of nitrogens with two attached hydrogens (primary N) is 1. The average Bonchev–Trinajstić information content (AvgIpc) is 3.24. The molecule has 2 heterocycles. The van der Waals surface area contributed by atoms with Crippen LogP contribution >= 0.6 is 0 Å². The molecule has 0 aliphatic heterocycles. The molecule has 11 nitrogen and oxygen atoms in total. The topological polar surface area (TPSA) is 148 Å². The lowest BCUT2D eigenvalue weighted by Gasteiger charge is -2.27. The van der Waals surface area contributed by atoms with E-state index in [2.05, 4.69) is 15.4 Å². The minimum Gasteiger partial charge on any atom is -0.497 e. The van der Waals surface area contributed by atoms with Crippen molar-refractivity contribution in [3.63, 3.8) is 0 Å². The number of Topliss-reactive ketones (excluding diaryl/α,β-unsaturated/α-hetero) is 1. The number of hydrogen-bond acceptors (Lipinski definition) is 10. The Bertz CT molecular complexity index is 1590. The Labute approximate surface area is 231 Å². The summed E-state index contributed by atoms with van der Waals surface area (Å²) in [6.07, 6.45) is -0.705. The van der Waals surface area contributed by atoms with Gasteiger partial charge in [-0.1, -0.05) is 30.3 Å². The van der Waals surface area contributed by atoms with E-state index in [0.29, 0.717) is 33.4 Å². The maximum atomic E-state index is 13.2. The number of esters is 1. The third kappa shape index (κ3) is 5.89. The van der Waals surface area contributed by atoms with Crippen LogP contribution in [-0.4, -0.2) is 57.4 Å². The van der Waals surface area contributed by atoms with E-state index in [4.69, 9.17) is 19.9 Å². The van der Waals surface area contributed by atoms with Crippen LogP contribution in [0, 0.1) is 6.92 Å². The number of aromatic nitrogens is 3. The Morgan fingerprint density at radius 3 is 2.40 bits per heavy atom. The number of pyridine rings is 1. The molecule has 0 unspecified atom stereocenters. The van der Waals surface area contributed by atoms with Crippen LogP contribution in [0.5, 0.6) is 5.75 Å². The number of nitrogens with one attached hydrogen (secondary N) is 1. The van der Waals surface area contributed by atoms with Crippen LogP contribution in [0.3, 0.4) is 0 Å². The molecule has 0 amide bonds. The van der Waals surface area contributed by atoms with E-state index in [0.717, 1.165) is 10.2 Å². The van der Waals surface area contributed by atoms with Gasteiger partial charge in [-0.3, -0.25) is 4.79 Å². The fourth-order valence-electron chi connectivity index (χ4n) is 4.04. The highest BCUT2D eigenvalue weighted by atomic mass is 16.6. The van der Waals surface area contributed by atoms with Gasteiger partial charge in [0.2, 0.25) is 0 Å². The molecule has 210 valence electrons. The summed E-state index contributed by atoms with van der Waals surface area (Å²) in [5.74, 6) is -0.855. The second-order valence-electron chi connectivity index (χ2n) is 10.6. The van der Waals surface area contributed by atoms with E-state index >= 15 is 0 Å². The average molecular weight is 548 g/mol. The fourth-order valence-corrected chi connectivity index (χ4v) is 4.04. The van der Waals surface area contributed by atoms with Crippen molar-refractivity contribution in [1.29, 1.82) is 0 Å². The lowest BCUT2D eigenvalue weighted by molar-refractivity contribution is -0.162. The molecule has 1 atom stereocenters. The molecule has 0 saturated heterocycles. The molecule has 0 radical (unpaired) electrons. The number of methoxy groups -OCH3 is 1. The quantitative estimate of drug-likeness (QED) is 0.244. The van der Waals surface area contributed by atoms with Crippen molar-refractivity contribution in [2.45, 2.75) is 52.4 Å². The molecule has 40 heavy (non-hydrogen) atoms. The summed E-state index contributed by atoms with van der Waals surface area (Å²) in [6.45, 7) is 7.88. The van der Waals surface area contributed by atoms with Gasteiger partial charge in [-0.2, -0.15) is 5.10 Å². The zero-order chi connectivity index (χ0) is 29.2. The normalized spacial score (nSPS) is 13.1. The molecule has 0 aliphatic carbocycles. The van der Waals surface area contributed by atoms with E-state index in [1.54, 1.807) is 45.9 Å². The van der Waals surface area contributed by atoms with Gasteiger partial charge in [-0.25, -0.2) is 14.6 Å². The van der Waals surface area contributed by atoms with Gasteiger partial charge in [0.05, 0.1) is 35.9 Å². The summed E-state index contributed by atoms with van der Waals surface area (Å²) < 4.78 is 17.3. The number of ether oxygens (including phenoxy) is 3. The zero-order valence-electron chi connectivity index (χ0n) is 23.4. The van der Waals surface area contributed by atoms with Crippen LogP contribution in [0.25, 0.3) is 21.9 Å². The van der Waals surface area contributed by atoms with E-state index < -0.39 is 29.0 Å². The summed E-state index contributed by atoms with van der Waals surface area (Å²) in [6, 6.07) is 14.5. The summed E-state index contributed by atoms with van der Waals surface area (Å²) >= 11 is 0. The molecule has 0 spiro atoms. The number of nitrogens with zero attached hydrogens (tertiary/aromatic N) is 3. The smallest absolute Gasteiger partial charge is 0.437 e. The fraction of sp³-hybridized carbons (Fsp3) is 0.345. The maximum absolute atomic E-state index is 13.2. The Morgan fingerprint density at radius 1 is 1.05 bits per heavy atom. The first-order valence-electron chi connectivity index (χ1n) is 12.7. The highest BCUT2D eigenvalue weighted by Crippen LogP contribution is 2.35. The van der Waals surface area contributed by atoms with Crippen molar-refractivity contribution in [1.82, 2.24) is 14.8 Å². The second kappa shape index (κ2) is 10.9. The van der Waals surface area contributed by atoms with Crippen molar-refractivity contribution in [3.8, 4) is 5.75 Å². The largest absolute Gasteiger partial charge is 0.497 e. The van der Waals surface area contributed by atoms with Crippen molar-refractivity contribution < 1.29 is 28.6 Å². The Hall–Kier alpha value is -4.51. The molecule has 0 bridgehead atoms. The predicted molar refractivity (Wildman–Crippen MR) is 150 cm³/mol. The van der Waals surface area contributed by atoms with E-state index in [-0.39, 0.29) is 18.8 Å². The number of benzene rings is 2. The molecule has 11 heteroatoms. The summed E-state index contributed by atoms with van der Waals surface area (Å²) in [7, 11) is 1.54. The SMILES string of the molecule is COc1ccc2nc3c(c(C)nn3C(=O)OCc3ccccc3)c(NCC(=O)[C@@](C)(N)C(=O)OC(C)(C)C)c2c1. The molecule has 4 aromatic rings.